The van der Waals surface area contributed by atoms with Gasteiger partial charge in [-0.2, -0.15) is 4.39 Å². The van der Waals surface area contributed by atoms with Gasteiger partial charge in [0.25, 0.3) is 5.91 Å². The fraction of sp³-hybridized carbons (Fsp3) is 0.167. The number of carbonyl (C=O) groups excluding carboxylic acids is 1. The third-order valence-electron chi connectivity index (χ3n) is 2.38. The van der Waals surface area contributed by atoms with Crippen LogP contribution in [0.25, 0.3) is 0 Å². The summed E-state index contributed by atoms with van der Waals surface area (Å²) in [5.41, 5.74) is 0.354. The average molecular weight is 295 g/mol. The smallest absolute Gasteiger partial charge is 0.347 e. The Labute approximate surface area is 117 Å². The van der Waals surface area contributed by atoms with E-state index in [9.17, 15) is 14.0 Å². The molecule has 0 aromatic carbocycles. The van der Waals surface area contributed by atoms with E-state index in [4.69, 9.17) is 5.11 Å². The molecule has 20 heavy (non-hydrogen) atoms. The highest BCUT2D eigenvalue weighted by Gasteiger charge is 2.15. The van der Waals surface area contributed by atoms with E-state index in [0.29, 0.717) is 10.7 Å². The lowest BCUT2D eigenvalue weighted by molar-refractivity contribution is 0.0701. The van der Waals surface area contributed by atoms with Gasteiger partial charge in [-0.05, 0) is 19.1 Å². The number of carbonyl (C=O) groups is 2. The molecule has 2 rings (SSSR count). The Morgan fingerprint density at radius 3 is 2.75 bits per heavy atom. The molecule has 0 fully saturated rings. The number of thiazole rings is 1. The van der Waals surface area contributed by atoms with Crippen LogP contribution in [0.15, 0.2) is 18.2 Å². The molecule has 2 aromatic rings. The molecule has 0 saturated heterocycles. The van der Waals surface area contributed by atoms with Gasteiger partial charge in [0, 0.05) is 0 Å². The van der Waals surface area contributed by atoms with Gasteiger partial charge >= 0.3 is 5.97 Å². The number of pyridine rings is 1. The SMILES string of the molecule is Cc1nc(CNC(=O)c2cccc(F)n2)sc1C(=O)O. The summed E-state index contributed by atoms with van der Waals surface area (Å²) in [6.45, 7) is 1.65. The van der Waals surface area contributed by atoms with Gasteiger partial charge in [-0.15, -0.1) is 11.3 Å². The van der Waals surface area contributed by atoms with Gasteiger partial charge in [0.15, 0.2) is 0 Å². The molecule has 104 valence electrons. The summed E-state index contributed by atoms with van der Waals surface area (Å²) in [6.07, 6.45) is 0. The Kier molecular flexibility index (Phi) is 4.04. The molecule has 8 heteroatoms. The van der Waals surface area contributed by atoms with Crippen molar-refractivity contribution < 1.29 is 19.1 Å². The van der Waals surface area contributed by atoms with E-state index in [1.165, 1.54) is 12.1 Å². The lowest BCUT2D eigenvalue weighted by Crippen LogP contribution is -2.23. The second-order valence-electron chi connectivity index (χ2n) is 3.86. The number of amides is 1. The van der Waals surface area contributed by atoms with Gasteiger partial charge in [0.05, 0.1) is 12.2 Å². The number of aryl methyl sites for hydroxylation is 1. The van der Waals surface area contributed by atoms with E-state index in [1.807, 2.05) is 0 Å². The Morgan fingerprint density at radius 2 is 2.15 bits per heavy atom. The number of carboxylic acids is 1. The maximum atomic E-state index is 12.9. The first kappa shape index (κ1) is 14.1. The Morgan fingerprint density at radius 1 is 1.40 bits per heavy atom. The summed E-state index contributed by atoms with van der Waals surface area (Å²) >= 11 is 0.988. The van der Waals surface area contributed by atoms with Crippen molar-refractivity contribution in [3.05, 3.63) is 45.4 Å². The van der Waals surface area contributed by atoms with Crippen molar-refractivity contribution in [1.82, 2.24) is 15.3 Å². The highest BCUT2D eigenvalue weighted by molar-refractivity contribution is 7.13. The van der Waals surface area contributed by atoms with Gasteiger partial charge in [-0.1, -0.05) is 6.07 Å². The lowest BCUT2D eigenvalue weighted by atomic mass is 10.3. The highest BCUT2D eigenvalue weighted by atomic mass is 32.1. The number of hydrogen-bond donors (Lipinski definition) is 2. The molecule has 0 unspecified atom stereocenters. The van der Waals surface area contributed by atoms with Crippen molar-refractivity contribution in [2.75, 3.05) is 0 Å². The average Bonchev–Trinajstić information content (AvgIpc) is 2.77. The predicted molar refractivity (Wildman–Crippen MR) is 69.2 cm³/mol. The number of aromatic carboxylic acids is 1. The van der Waals surface area contributed by atoms with Crippen molar-refractivity contribution in [2.24, 2.45) is 0 Å². The molecule has 6 nitrogen and oxygen atoms in total. The van der Waals surface area contributed by atoms with E-state index < -0.39 is 17.8 Å². The molecule has 0 saturated carbocycles. The quantitative estimate of drug-likeness (QED) is 0.836. The third-order valence-corrected chi connectivity index (χ3v) is 3.53. The van der Waals surface area contributed by atoms with Crippen LogP contribution in [0.4, 0.5) is 4.39 Å². The van der Waals surface area contributed by atoms with E-state index in [0.717, 1.165) is 17.4 Å². The molecular formula is C12H10FN3O3S. The van der Waals surface area contributed by atoms with Crippen LogP contribution in [0.5, 0.6) is 0 Å². The van der Waals surface area contributed by atoms with Gasteiger partial charge in [0.1, 0.15) is 15.6 Å². The zero-order valence-corrected chi connectivity index (χ0v) is 11.2. The first-order valence-corrected chi connectivity index (χ1v) is 6.39. The third kappa shape index (κ3) is 3.15. The number of aromatic nitrogens is 2. The van der Waals surface area contributed by atoms with Crippen molar-refractivity contribution >= 4 is 23.2 Å². The van der Waals surface area contributed by atoms with Crippen LogP contribution in [0.2, 0.25) is 0 Å². The number of nitrogens with zero attached hydrogens (tertiary/aromatic N) is 2. The highest BCUT2D eigenvalue weighted by Crippen LogP contribution is 2.17. The van der Waals surface area contributed by atoms with E-state index in [-0.39, 0.29) is 17.1 Å². The minimum atomic E-state index is -1.05. The molecule has 0 aliphatic rings. The fourth-order valence-corrected chi connectivity index (χ4v) is 2.35. The minimum Gasteiger partial charge on any atom is -0.477 e. The number of nitrogens with one attached hydrogen (secondary N) is 1. The molecule has 0 radical (unpaired) electrons. The number of halogens is 1. The second-order valence-corrected chi connectivity index (χ2v) is 4.94. The number of hydrogen-bond acceptors (Lipinski definition) is 5. The molecule has 0 aliphatic heterocycles. The van der Waals surface area contributed by atoms with Gasteiger partial charge in [-0.25, -0.2) is 14.8 Å². The standard InChI is InChI=1S/C12H10FN3O3S/c1-6-10(12(18)19)20-9(15-6)5-14-11(17)7-3-2-4-8(13)16-7/h2-4H,5H2,1H3,(H,14,17)(H,18,19). The molecule has 2 aromatic heterocycles. The van der Waals surface area contributed by atoms with Crippen molar-refractivity contribution in [3.8, 4) is 0 Å². The molecule has 0 spiro atoms. The van der Waals surface area contributed by atoms with E-state index in [2.05, 4.69) is 15.3 Å². The van der Waals surface area contributed by atoms with Crippen LogP contribution < -0.4 is 5.32 Å². The Hall–Kier alpha value is -2.35. The molecule has 2 heterocycles. The van der Waals surface area contributed by atoms with Crippen molar-refractivity contribution in [3.63, 3.8) is 0 Å². The van der Waals surface area contributed by atoms with Crippen LogP contribution >= 0.6 is 11.3 Å². The van der Waals surface area contributed by atoms with Gasteiger partial charge < -0.3 is 10.4 Å². The second kappa shape index (κ2) is 5.74. The van der Waals surface area contributed by atoms with Crippen LogP contribution in [0, 0.1) is 12.9 Å². The van der Waals surface area contributed by atoms with E-state index >= 15 is 0 Å². The van der Waals surface area contributed by atoms with Crippen LogP contribution in [-0.4, -0.2) is 27.0 Å². The first-order chi connectivity index (χ1) is 9.47. The molecule has 1 amide bonds. The van der Waals surface area contributed by atoms with Gasteiger partial charge in [-0.3, -0.25) is 4.79 Å². The largest absolute Gasteiger partial charge is 0.477 e. The fourth-order valence-electron chi connectivity index (χ4n) is 1.51. The topological polar surface area (TPSA) is 92.2 Å². The first-order valence-electron chi connectivity index (χ1n) is 5.57. The van der Waals surface area contributed by atoms with Crippen LogP contribution in [0.3, 0.4) is 0 Å². The van der Waals surface area contributed by atoms with Crippen molar-refractivity contribution in [1.29, 1.82) is 0 Å². The summed E-state index contributed by atoms with van der Waals surface area (Å²) in [7, 11) is 0. The minimum absolute atomic E-state index is 0.0447. The summed E-state index contributed by atoms with van der Waals surface area (Å²) < 4.78 is 12.9. The molecule has 0 atom stereocenters. The van der Waals surface area contributed by atoms with Crippen LogP contribution in [0.1, 0.15) is 30.9 Å². The zero-order valence-electron chi connectivity index (χ0n) is 10.4. The maximum Gasteiger partial charge on any atom is 0.347 e. The van der Waals surface area contributed by atoms with E-state index in [1.54, 1.807) is 6.92 Å². The lowest BCUT2D eigenvalue weighted by Gasteiger charge is -2.01. The molecule has 0 bridgehead atoms. The maximum absolute atomic E-state index is 12.9. The van der Waals surface area contributed by atoms with Crippen molar-refractivity contribution in [2.45, 2.75) is 13.5 Å². The summed E-state index contributed by atoms with van der Waals surface area (Å²) in [5.74, 6) is -2.34. The van der Waals surface area contributed by atoms with Gasteiger partial charge in [0.2, 0.25) is 5.95 Å². The van der Waals surface area contributed by atoms with Crippen LogP contribution in [-0.2, 0) is 6.54 Å². The summed E-state index contributed by atoms with van der Waals surface area (Å²) in [5, 5.41) is 11.9. The predicted octanol–water partition coefficient (Wildman–Crippen LogP) is 1.61. The molecule has 0 aliphatic carbocycles. The molecular weight excluding hydrogens is 285 g/mol. The Bertz CT molecular complexity index is 672. The molecule has 2 N–H and O–H groups in total. The monoisotopic (exact) mass is 295 g/mol. The Balaban J connectivity index is 2.04. The zero-order chi connectivity index (χ0) is 14.7. The normalized spacial score (nSPS) is 10.3. The summed E-state index contributed by atoms with van der Waals surface area (Å²) in [4.78, 5) is 30.2. The summed E-state index contributed by atoms with van der Waals surface area (Å²) in [6, 6.07) is 3.90. The number of rotatable bonds is 4. The number of carboxylic acid groups (broad SMARTS) is 1.